The summed E-state index contributed by atoms with van der Waals surface area (Å²) in [6.45, 7) is 1.49. The van der Waals surface area contributed by atoms with E-state index in [9.17, 15) is 18.0 Å². The first kappa shape index (κ1) is 17.5. The van der Waals surface area contributed by atoms with Gasteiger partial charge in [-0.15, -0.1) is 0 Å². The van der Waals surface area contributed by atoms with Crippen LogP contribution in [0, 0.1) is 6.92 Å². The topological polar surface area (TPSA) is 108 Å². The third-order valence-electron chi connectivity index (χ3n) is 3.58. The fourth-order valence-electron chi connectivity index (χ4n) is 2.31. The minimum Gasteiger partial charge on any atom is -0.443 e. The quantitative estimate of drug-likeness (QED) is 0.763. The number of carbonyl (C=O) groups is 1. The lowest BCUT2D eigenvalue weighted by atomic mass is 10.1. The van der Waals surface area contributed by atoms with Crippen LogP contribution in [0.5, 0.6) is 0 Å². The molecule has 3 aromatic rings. The summed E-state index contributed by atoms with van der Waals surface area (Å²) in [4.78, 5) is 27.6. The number of aromatic nitrogens is 4. The molecule has 0 aliphatic heterocycles. The maximum absolute atomic E-state index is 12.8. The largest absolute Gasteiger partial charge is 0.443 e. The molecule has 0 atom stereocenters. The van der Waals surface area contributed by atoms with Crippen LogP contribution in [0.25, 0.3) is 11.6 Å². The summed E-state index contributed by atoms with van der Waals surface area (Å²) < 4.78 is 43.4. The highest BCUT2D eigenvalue weighted by atomic mass is 19.4. The van der Waals surface area contributed by atoms with Crippen LogP contribution in [0.3, 0.4) is 0 Å². The third-order valence-corrected chi connectivity index (χ3v) is 3.58. The van der Waals surface area contributed by atoms with Crippen molar-refractivity contribution >= 4 is 5.91 Å². The van der Waals surface area contributed by atoms with Crippen molar-refractivity contribution < 1.29 is 22.4 Å². The molecule has 0 fully saturated rings. The summed E-state index contributed by atoms with van der Waals surface area (Å²) in [5, 5.41) is 0. The Kier molecular flexibility index (Phi) is 4.41. The normalized spacial score (nSPS) is 11.5. The smallest absolute Gasteiger partial charge is 0.417 e. The minimum atomic E-state index is -4.49. The number of amides is 1. The molecule has 3 aromatic heterocycles. The van der Waals surface area contributed by atoms with Crippen molar-refractivity contribution in [2.75, 3.05) is 0 Å². The molecule has 0 aliphatic carbocycles. The number of halogens is 3. The van der Waals surface area contributed by atoms with Crippen molar-refractivity contribution in [1.82, 2.24) is 19.9 Å². The number of nitrogens with two attached hydrogens (primary N) is 1. The van der Waals surface area contributed by atoms with Crippen molar-refractivity contribution in [3.05, 3.63) is 59.1 Å². The lowest BCUT2D eigenvalue weighted by Gasteiger charge is -2.11. The highest BCUT2D eigenvalue weighted by Crippen LogP contribution is 2.30. The Morgan fingerprint density at radius 1 is 1.19 bits per heavy atom. The molecule has 10 heteroatoms. The van der Waals surface area contributed by atoms with Crippen LogP contribution in [0.15, 0.2) is 35.3 Å². The van der Waals surface area contributed by atoms with E-state index in [4.69, 9.17) is 10.2 Å². The summed E-state index contributed by atoms with van der Waals surface area (Å²) in [6.07, 6.45) is 0.268. The molecule has 0 aliphatic rings. The van der Waals surface area contributed by atoms with E-state index >= 15 is 0 Å². The Morgan fingerprint density at radius 3 is 2.54 bits per heavy atom. The Morgan fingerprint density at radius 2 is 1.96 bits per heavy atom. The van der Waals surface area contributed by atoms with Crippen LogP contribution in [0.1, 0.15) is 33.0 Å². The number of carbonyl (C=O) groups excluding carboxylic acids is 1. The first-order valence-corrected chi connectivity index (χ1v) is 7.34. The van der Waals surface area contributed by atoms with Crippen LogP contribution < -0.4 is 5.73 Å². The molecule has 0 saturated heterocycles. The summed E-state index contributed by atoms with van der Waals surface area (Å²) in [6, 6.07) is 0.984. The van der Waals surface area contributed by atoms with Gasteiger partial charge in [0.1, 0.15) is 17.7 Å². The van der Waals surface area contributed by atoms with Gasteiger partial charge in [-0.2, -0.15) is 13.2 Å². The van der Waals surface area contributed by atoms with Gasteiger partial charge in [0.2, 0.25) is 5.89 Å². The molecule has 1 amide bonds. The fraction of sp³-hybridized carbons (Fsp3) is 0.188. The number of pyridine rings is 1. The van der Waals surface area contributed by atoms with Gasteiger partial charge < -0.3 is 10.2 Å². The van der Waals surface area contributed by atoms with E-state index in [1.807, 2.05) is 0 Å². The molecule has 3 rings (SSSR count). The lowest BCUT2D eigenvalue weighted by molar-refractivity contribution is -0.137. The van der Waals surface area contributed by atoms with E-state index < -0.39 is 17.6 Å². The average Bonchev–Trinajstić information content (AvgIpc) is 3.10. The van der Waals surface area contributed by atoms with Gasteiger partial charge in [0.05, 0.1) is 23.7 Å². The Labute approximate surface area is 145 Å². The molecular formula is C16H12F3N5O2. The van der Waals surface area contributed by atoms with Crippen LogP contribution >= 0.6 is 0 Å². The zero-order valence-corrected chi connectivity index (χ0v) is 13.4. The van der Waals surface area contributed by atoms with E-state index in [1.54, 1.807) is 0 Å². The number of oxazole rings is 1. The summed E-state index contributed by atoms with van der Waals surface area (Å²) in [5.41, 5.74) is 5.41. The molecule has 0 spiro atoms. The summed E-state index contributed by atoms with van der Waals surface area (Å²) in [7, 11) is 0. The Balaban J connectivity index is 2.01. The molecule has 0 radical (unpaired) electrons. The molecule has 134 valence electrons. The van der Waals surface area contributed by atoms with E-state index in [2.05, 4.69) is 19.9 Å². The molecule has 2 N–H and O–H groups in total. The van der Waals surface area contributed by atoms with Gasteiger partial charge >= 0.3 is 6.18 Å². The maximum atomic E-state index is 12.8. The maximum Gasteiger partial charge on any atom is 0.417 e. The van der Waals surface area contributed by atoms with Crippen molar-refractivity contribution in [2.45, 2.75) is 19.5 Å². The number of nitrogens with zero attached hydrogens (tertiary/aromatic N) is 4. The fourth-order valence-corrected chi connectivity index (χ4v) is 2.31. The van der Waals surface area contributed by atoms with Crippen LogP contribution in [0.2, 0.25) is 0 Å². The molecule has 0 aromatic carbocycles. The zero-order valence-electron chi connectivity index (χ0n) is 13.4. The molecule has 0 bridgehead atoms. The van der Waals surface area contributed by atoms with Crippen molar-refractivity contribution in [3.63, 3.8) is 0 Å². The number of hydrogen-bond acceptors (Lipinski definition) is 6. The Hall–Kier alpha value is -3.30. The second-order valence-corrected chi connectivity index (χ2v) is 5.41. The van der Waals surface area contributed by atoms with E-state index in [1.165, 1.54) is 25.6 Å². The number of aryl methyl sites for hydroxylation is 1. The molecule has 3 heterocycles. The number of rotatable bonds is 4. The van der Waals surface area contributed by atoms with Gasteiger partial charge in [0.25, 0.3) is 5.91 Å². The van der Waals surface area contributed by atoms with E-state index in [-0.39, 0.29) is 29.4 Å². The SMILES string of the molecule is Cc1cc(C(F)(F)F)cnc1Cc1nc(-c2ncco2)cnc1C(N)=O. The second-order valence-electron chi connectivity index (χ2n) is 5.41. The Bertz CT molecular complexity index is 955. The van der Waals surface area contributed by atoms with Gasteiger partial charge in [-0.1, -0.05) is 0 Å². The molecule has 26 heavy (non-hydrogen) atoms. The predicted molar refractivity (Wildman–Crippen MR) is 82.8 cm³/mol. The predicted octanol–water partition coefficient (Wildman–Crippen LogP) is 2.54. The second kappa shape index (κ2) is 6.54. The molecule has 0 saturated carbocycles. The molecule has 7 nitrogen and oxygen atoms in total. The zero-order chi connectivity index (χ0) is 18.9. The summed E-state index contributed by atoms with van der Waals surface area (Å²) >= 11 is 0. The first-order valence-electron chi connectivity index (χ1n) is 7.34. The number of primary amides is 1. The van der Waals surface area contributed by atoms with Gasteiger partial charge in [-0.3, -0.25) is 9.78 Å². The molecule has 0 unspecified atom stereocenters. The first-order chi connectivity index (χ1) is 12.3. The van der Waals surface area contributed by atoms with Crippen LogP contribution in [-0.4, -0.2) is 25.8 Å². The van der Waals surface area contributed by atoms with E-state index in [0.29, 0.717) is 11.3 Å². The van der Waals surface area contributed by atoms with Crippen molar-refractivity contribution in [3.8, 4) is 11.6 Å². The minimum absolute atomic E-state index is 0.0240. The third kappa shape index (κ3) is 3.53. The number of hydrogen-bond donors (Lipinski definition) is 1. The highest BCUT2D eigenvalue weighted by Gasteiger charge is 2.31. The van der Waals surface area contributed by atoms with Crippen molar-refractivity contribution in [1.29, 1.82) is 0 Å². The molecular weight excluding hydrogens is 351 g/mol. The highest BCUT2D eigenvalue weighted by molar-refractivity contribution is 5.92. The van der Waals surface area contributed by atoms with Crippen molar-refractivity contribution in [2.24, 2.45) is 5.73 Å². The summed E-state index contributed by atoms with van der Waals surface area (Å²) in [5.74, 6) is -0.622. The average molecular weight is 363 g/mol. The van der Waals surface area contributed by atoms with Gasteiger partial charge in [-0.25, -0.2) is 15.0 Å². The van der Waals surface area contributed by atoms with Crippen LogP contribution in [-0.2, 0) is 12.6 Å². The lowest BCUT2D eigenvalue weighted by Crippen LogP contribution is -2.18. The van der Waals surface area contributed by atoms with Gasteiger partial charge in [-0.05, 0) is 18.6 Å². The standard InChI is InChI=1S/C16H12F3N5O2/c1-8-4-9(16(17,18)19)6-22-10(8)5-11-13(14(20)25)23-7-12(24-11)15-21-2-3-26-15/h2-4,6-7H,5H2,1H3,(H2,20,25). The van der Waals surface area contributed by atoms with Crippen LogP contribution in [0.4, 0.5) is 13.2 Å². The van der Waals surface area contributed by atoms with Gasteiger partial charge in [0.15, 0.2) is 0 Å². The van der Waals surface area contributed by atoms with E-state index in [0.717, 1.165) is 12.3 Å². The monoisotopic (exact) mass is 363 g/mol. The van der Waals surface area contributed by atoms with Gasteiger partial charge in [0, 0.05) is 18.3 Å². The number of alkyl halides is 3.